The van der Waals surface area contributed by atoms with Crippen LogP contribution in [0, 0.1) is 0 Å². The molecule has 0 aromatic heterocycles. The third kappa shape index (κ3) is 3.85. The van der Waals surface area contributed by atoms with Gasteiger partial charge in [-0.2, -0.15) is 0 Å². The SMILES string of the molecule is CC1CCCC(C)N1NC(=O)N(CCC(=O)O)C1CC1. The van der Waals surface area contributed by atoms with Gasteiger partial charge in [0.05, 0.1) is 6.42 Å². The fourth-order valence-electron chi connectivity index (χ4n) is 2.87. The quantitative estimate of drug-likeness (QED) is 0.807. The number of urea groups is 1. The number of aliphatic carboxylic acids is 1. The van der Waals surface area contributed by atoms with Crippen LogP contribution in [0.25, 0.3) is 0 Å². The van der Waals surface area contributed by atoms with Crippen LogP contribution in [-0.2, 0) is 4.79 Å². The summed E-state index contributed by atoms with van der Waals surface area (Å²) in [4.78, 5) is 24.8. The monoisotopic (exact) mass is 283 g/mol. The van der Waals surface area contributed by atoms with E-state index in [0.717, 1.165) is 25.7 Å². The molecule has 0 aromatic carbocycles. The van der Waals surface area contributed by atoms with Crippen molar-refractivity contribution >= 4 is 12.0 Å². The molecule has 2 amide bonds. The number of amides is 2. The first-order chi connectivity index (χ1) is 9.49. The van der Waals surface area contributed by atoms with Gasteiger partial charge in [-0.05, 0) is 39.5 Å². The standard InChI is InChI=1S/C14H25N3O3/c1-10-4-3-5-11(2)17(10)15-14(20)16(12-6-7-12)9-8-13(18)19/h10-12H,3-9H2,1-2H3,(H,15,20)(H,18,19). The number of nitrogens with one attached hydrogen (secondary N) is 1. The Hall–Kier alpha value is -1.30. The van der Waals surface area contributed by atoms with Crippen molar-refractivity contribution < 1.29 is 14.7 Å². The van der Waals surface area contributed by atoms with Crippen molar-refractivity contribution in [3.05, 3.63) is 0 Å². The summed E-state index contributed by atoms with van der Waals surface area (Å²) < 4.78 is 0. The number of rotatable bonds is 5. The van der Waals surface area contributed by atoms with Crippen molar-refractivity contribution in [2.75, 3.05) is 6.54 Å². The Morgan fingerprint density at radius 2 is 1.80 bits per heavy atom. The Morgan fingerprint density at radius 3 is 2.30 bits per heavy atom. The lowest BCUT2D eigenvalue weighted by Crippen LogP contribution is -2.57. The van der Waals surface area contributed by atoms with Crippen molar-refractivity contribution in [3.8, 4) is 0 Å². The molecule has 1 heterocycles. The minimum Gasteiger partial charge on any atom is -0.481 e. The minimum absolute atomic E-state index is 0.00896. The summed E-state index contributed by atoms with van der Waals surface area (Å²) in [6.45, 7) is 4.53. The van der Waals surface area contributed by atoms with Crippen molar-refractivity contribution in [2.24, 2.45) is 0 Å². The highest BCUT2D eigenvalue weighted by Crippen LogP contribution is 2.27. The molecule has 1 aliphatic carbocycles. The Labute approximate surface area is 120 Å². The smallest absolute Gasteiger partial charge is 0.332 e. The molecule has 2 rings (SSSR count). The van der Waals surface area contributed by atoms with E-state index >= 15 is 0 Å². The van der Waals surface area contributed by atoms with Crippen LogP contribution in [-0.4, -0.2) is 51.7 Å². The second-order valence-electron chi connectivity index (χ2n) is 6.02. The third-order valence-electron chi connectivity index (χ3n) is 4.23. The maximum absolute atomic E-state index is 12.4. The number of carboxylic acids is 1. The summed E-state index contributed by atoms with van der Waals surface area (Å²) >= 11 is 0. The Balaban J connectivity index is 1.91. The minimum atomic E-state index is -0.858. The highest BCUT2D eigenvalue weighted by molar-refractivity contribution is 5.75. The maximum Gasteiger partial charge on any atom is 0.332 e. The predicted molar refractivity (Wildman–Crippen MR) is 75.1 cm³/mol. The van der Waals surface area contributed by atoms with Crippen LogP contribution in [0.15, 0.2) is 0 Å². The lowest BCUT2D eigenvalue weighted by atomic mass is 10.00. The summed E-state index contributed by atoms with van der Waals surface area (Å²) in [6, 6.07) is 0.755. The second-order valence-corrected chi connectivity index (χ2v) is 6.02. The van der Waals surface area contributed by atoms with Gasteiger partial charge in [0, 0.05) is 24.7 Å². The van der Waals surface area contributed by atoms with E-state index < -0.39 is 5.97 Å². The summed E-state index contributed by atoms with van der Waals surface area (Å²) in [5.41, 5.74) is 2.99. The van der Waals surface area contributed by atoms with Gasteiger partial charge in [0.25, 0.3) is 0 Å². The van der Waals surface area contributed by atoms with Gasteiger partial charge < -0.3 is 10.0 Å². The largest absolute Gasteiger partial charge is 0.481 e. The van der Waals surface area contributed by atoms with Crippen molar-refractivity contribution in [1.82, 2.24) is 15.3 Å². The highest BCUT2D eigenvalue weighted by atomic mass is 16.4. The molecule has 2 unspecified atom stereocenters. The maximum atomic E-state index is 12.4. The van der Waals surface area contributed by atoms with Gasteiger partial charge in [0.2, 0.25) is 0 Å². The van der Waals surface area contributed by atoms with E-state index in [1.54, 1.807) is 4.90 Å². The first kappa shape index (κ1) is 15.1. The third-order valence-corrected chi connectivity index (χ3v) is 4.23. The molecule has 2 aliphatic rings. The van der Waals surface area contributed by atoms with Crippen LogP contribution >= 0.6 is 0 Å². The molecular formula is C14H25N3O3. The first-order valence-corrected chi connectivity index (χ1v) is 7.56. The van der Waals surface area contributed by atoms with Gasteiger partial charge in [-0.15, -0.1) is 0 Å². The van der Waals surface area contributed by atoms with Gasteiger partial charge in [-0.3, -0.25) is 10.2 Å². The van der Waals surface area contributed by atoms with Gasteiger partial charge in [0.15, 0.2) is 0 Å². The highest BCUT2D eigenvalue weighted by Gasteiger charge is 2.35. The first-order valence-electron chi connectivity index (χ1n) is 7.56. The van der Waals surface area contributed by atoms with Crippen LogP contribution in [0.4, 0.5) is 4.79 Å². The van der Waals surface area contributed by atoms with Gasteiger partial charge >= 0.3 is 12.0 Å². The number of hydrazine groups is 1. The molecule has 114 valence electrons. The zero-order chi connectivity index (χ0) is 14.7. The normalized spacial score (nSPS) is 27.1. The molecule has 0 aromatic rings. The number of piperidine rings is 1. The fraction of sp³-hybridized carbons (Fsp3) is 0.857. The lowest BCUT2D eigenvalue weighted by molar-refractivity contribution is -0.137. The number of nitrogens with zero attached hydrogens (tertiary/aromatic N) is 2. The molecule has 20 heavy (non-hydrogen) atoms. The molecule has 6 heteroatoms. The predicted octanol–water partition coefficient (Wildman–Crippen LogP) is 1.81. The molecule has 1 saturated heterocycles. The van der Waals surface area contributed by atoms with E-state index in [-0.39, 0.29) is 18.5 Å². The zero-order valence-electron chi connectivity index (χ0n) is 12.3. The number of carboxylic acid groups (broad SMARTS) is 1. The molecule has 0 bridgehead atoms. The topological polar surface area (TPSA) is 72.9 Å². The van der Waals surface area contributed by atoms with Gasteiger partial charge in [-0.25, -0.2) is 9.80 Å². The summed E-state index contributed by atoms with van der Waals surface area (Å²) in [6.07, 6.45) is 5.34. The van der Waals surface area contributed by atoms with Crippen molar-refractivity contribution in [3.63, 3.8) is 0 Å². The summed E-state index contributed by atoms with van der Waals surface area (Å²) in [5, 5.41) is 10.8. The van der Waals surface area contributed by atoms with Crippen LogP contribution < -0.4 is 5.43 Å². The van der Waals surface area contributed by atoms with E-state index in [2.05, 4.69) is 19.3 Å². The molecular weight excluding hydrogens is 258 g/mol. The molecule has 2 atom stereocenters. The summed E-state index contributed by atoms with van der Waals surface area (Å²) in [7, 11) is 0. The van der Waals surface area contributed by atoms with Crippen LogP contribution in [0.3, 0.4) is 0 Å². The van der Waals surface area contributed by atoms with Crippen LogP contribution in [0.2, 0.25) is 0 Å². The molecule has 2 fully saturated rings. The Kier molecular flexibility index (Phi) is 4.86. The number of carbonyl (C=O) groups excluding carboxylic acids is 1. The van der Waals surface area contributed by atoms with Crippen molar-refractivity contribution in [1.29, 1.82) is 0 Å². The van der Waals surface area contributed by atoms with Crippen LogP contribution in [0.1, 0.15) is 52.4 Å². The van der Waals surface area contributed by atoms with Crippen molar-refractivity contribution in [2.45, 2.75) is 70.5 Å². The molecule has 0 radical (unpaired) electrons. The zero-order valence-corrected chi connectivity index (χ0v) is 12.3. The molecule has 2 N–H and O–H groups in total. The van der Waals surface area contributed by atoms with E-state index in [0.29, 0.717) is 18.6 Å². The van der Waals surface area contributed by atoms with E-state index in [1.165, 1.54) is 6.42 Å². The molecule has 0 spiro atoms. The lowest BCUT2D eigenvalue weighted by Gasteiger charge is -2.40. The van der Waals surface area contributed by atoms with E-state index in [4.69, 9.17) is 5.11 Å². The molecule has 1 aliphatic heterocycles. The fourth-order valence-corrected chi connectivity index (χ4v) is 2.87. The Morgan fingerprint density at radius 1 is 1.20 bits per heavy atom. The molecule has 1 saturated carbocycles. The number of carbonyl (C=O) groups is 2. The van der Waals surface area contributed by atoms with E-state index in [1.807, 2.05) is 5.01 Å². The summed E-state index contributed by atoms with van der Waals surface area (Å²) in [5.74, 6) is -0.858. The van der Waals surface area contributed by atoms with E-state index in [9.17, 15) is 9.59 Å². The Bertz CT molecular complexity index is 361. The molecule has 6 nitrogen and oxygen atoms in total. The van der Waals surface area contributed by atoms with Gasteiger partial charge in [0.1, 0.15) is 0 Å². The average molecular weight is 283 g/mol. The van der Waals surface area contributed by atoms with Gasteiger partial charge in [-0.1, -0.05) is 6.42 Å². The average Bonchev–Trinajstić information content (AvgIpc) is 3.18. The number of hydrogen-bond donors (Lipinski definition) is 2. The number of hydrogen-bond acceptors (Lipinski definition) is 3. The van der Waals surface area contributed by atoms with Crippen LogP contribution in [0.5, 0.6) is 0 Å². The second kappa shape index (κ2) is 6.43.